The first-order valence-corrected chi connectivity index (χ1v) is 6.14. The molecule has 1 saturated heterocycles. The molecule has 0 aromatic rings. The lowest BCUT2D eigenvalue weighted by Gasteiger charge is -2.35. The maximum absolute atomic E-state index is 3.80. The van der Waals surface area contributed by atoms with Gasteiger partial charge < -0.3 is 10.2 Å². The Bertz CT molecular complexity index is 203. The molecule has 0 aromatic carbocycles. The molecule has 2 heteroatoms. The molecule has 1 rings (SSSR count). The van der Waals surface area contributed by atoms with Gasteiger partial charge in [-0.15, -0.1) is 0 Å². The Kier molecular flexibility index (Phi) is 3.83. The molecule has 0 spiro atoms. The van der Waals surface area contributed by atoms with E-state index in [4.69, 9.17) is 0 Å². The van der Waals surface area contributed by atoms with Gasteiger partial charge in [0.05, 0.1) is 0 Å². The van der Waals surface area contributed by atoms with E-state index >= 15 is 0 Å². The summed E-state index contributed by atoms with van der Waals surface area (Å²) in [6, 6.07) is 0.687. The summed E-state index contributed by atoms with van der Waals surface area (Å²) in [5.41, 5.74) is 0.662. The third-order valence-corrected chi connectivity index (χ3v) is 2.96. The van der Waals surface area contributed by atoms with Crippen LogP contribution in [0.3, 0.4) is 0 Å². The minimum absolute atomic E-state index is 0.258. The molecule has 1 heterocycles. The van der Waals surface area contributed by atoms with Crippen molar-refractivity contribution in [2.45, 2.75) is 59.0 Å². The zero-order valence-electron chi connectivity index (χ0n) is 11.4. The van der Waals surface area contributed by atoms with Crippen molar-refractivity contribution in [1.82, 2.24) is 10.2 Å². The van der Waals surface area contributed by atoms with Gasteiger partial charge in [0.25, 0.3) is 0 Å². The van der Waals surface area contributed by atoms with Gasteiger partial charge in [-0.3, -0.25) is 0 Å². The molecular weight excluding hydrogens is 184 g/mol. The Hall–Kier alpha value is -0.0800. The normalized spacial score (nSPS) is 24.8. The zero-order chi connectivity index (χ0) is 11.7. The number of hydrogen-bond donors (Lipinski definition) is 1. The van der Waals surface area contributed by atoms with E-state index in [-0.39, 0.29) is 5.54 Å². The van der Waals surface area contributed by atoms with Crippen LogP contribution in [0.2, 0.25) is 0 Å². The lowest BCUT2D eigenvalue weighted by atomic mass is 9.81. The fourth-order valence-electron chi connectivity index (χ4n) is 2.98. The Morgan fingerprint density at radius 1 is 1.20 bits per heavy atom. The van der Waals surface area contributed by atoms with Crippen molar-refractivity contribution in [3.05, 3.63) is 0 Å². The van der Waals surface area contributed by atoms with Crippen LogP contribution in [0.5, 0.6) is 0 Å². The minimum atomic E-state index is 0.258. The molecule has 0 saturated carbocycles. The number of rotatable bonds is 3. The quantitative estimate of drug-likeness (QED) is 0.773. The number of nitrogens with one attached hydrogen (secondary N) is 1. The van der Waals surface area contributed by atoms with Gasteiger partial charge in [-0.05, 0) is 45.7 Å². The number of likely N-dealkylation sites (N-methyl/N-ethyl adjacent to an activating group) is 1. The number of nitrogens with zero attached hydrogens (tertiary/aromatic N) is 1. The number of hydrogen-bond acceptors (Lipinski definition) is 2. The van der Waals surface area contributed by atoms with E-state index in [0.29, 0.717) is 11.5 Å². The van der Waals surface area contributed by atoms with Crippen LogP contribution in [0, 0.1) is 5.41 Å². The van der Waals surface area contributed by atoms with Gasteiger partial charge in [0.1, 0.15) is 0 Å². The van der Waals surface area contributed by atoms with E-state index in [2.05, 4.69) is 51.9 Å². The van der Waals surface area contributed by atoms with E-state index in [0.717, 1.165) is 0 Å². The molecule has 0 radical (unpaired) electrons. The predicted molar refractivity (Wildman–Crippen MR) is 67.2 cm³/mol. The second kappa shape index (κ2) is 4.42. The fraction of sp³-hybridized carbons (Fsp3) is 1.00. The van der Waals surface area contributed by atoms with Crippen LogP contribution in [0.25, 0.3) is 0 Å². The molecule has 1 fully saturated rings. The SMILES string of the molecule is CN1CCC(NC(C)(C)CC(C)(C)C)C1. The van der Waals surface area contributed by atoms with Crippen LogP contribution in [0.4, 0.5) is 0 Å². The maximum Gasteiger partial charge on any atom is 0.0212 e. The highest BCUT2D eigenvalue weighted by atomic mass is 15.2. The molecule has 0 bridgehead atoms. The van der Waals surface area contributed by atoms with Crippen LogP contribution in [-0.2, 0) is 0 Å². The first kappa shape index (κ1) is 13.0. The van der Waals surface area contributed by atoms with Crippen molar-refractivity contribution in [2.75, 3.05) is 20.1 Å². The van der Waals surface area contributed by atoms with E-state index in [1.54, 1.807) is 0 Å². The maximum atomic E-state index is 3.80. The van der Waals surface area contributed by atoms with E-state index < -0.39 is 0 Å². The van der Waals surface area contributed by atoms with Crippen molar-refractivity contribution in [1.29, 1.82) is 0 Å². The first-order chi connectivity index (χ1) is 6.68. The first-order valence-electron chi connectivity index (χ1n) is 6.14. The molecule has 90 valence electrons. The van der Waals surface area contributed by atoms with Crippen molar-refractivity contribution in [2.24, 2.45) is 5.41 Å². The predicted octanol–water partition coefficient (Wildman–Crippen LogP) is 2.49. The van der Waals surface area contributed by atoms with Crippen molar-refractivity contribution in [3.63, 3.8) is 0 Å². The lowest BCUT2D eigenvalue weighted by molar-refractivity contribution is 0.222. The standard InChI is InChI=1S/C13H28N2/c1-12(2,3)10-13(4,5)14-11-7-8-15(6)9-11/h11,14H,7-10H2,1-6H3. The van der Waals surface area contributed by atoms with Crippen LogP contribution in [0.15, 0.2) is 0 Å². The third-order valence-electron chi connectivity index (χ3n) is 2.96. The Balaban J connectivity index is 2.42. The fourth-order valence-corrected chi connectivity index (χ4v) is 2.98. The second-order valence-corrected chi connectivity index (χ2v) is 7.01. The monoisotopic (exact) mass is 212 g/mol. The molecule has 1 unspecified atom stereocenters. The summed E-state index contributed by atoms with van der Waals surface area (Å²) in [6.07, 6.45) is 2.52. The van der Waals surface area contributed by atoms with Gasteiger partial charge in [-0.1, -0.05) is 20.8 Å². The molecule has 15 heavy (non-hydrogen) atoms. The third kappa shape index (κ3) is 4.98. The summed E-state index contributed by atoms with van der Waals surface area (Å²) < 4.78 is 0. The highest BCUT2D eigenvalue weighted by Crippen LogP contribution is 2.27. The minimum Gasteiger partial charge on any atom is -0.308 e. The van der Waals surface area contributed by atoms with Gasteiger partial charge >= 0.3 is 0 Å². The highest BCUT2D eigenvalue weighted by Gasteiger charge is 2.29. The molecule has 1 aliphatic rings. The molecule has 2 nitrogen and oxygen atoms in total. The Labute approximate surface area is 95.4 Å². The number of likely N-dealkylation sites (tertiary alicyclic amines) is 1. The van der Waals surface area contributed by atoms with Gasteiger partial charge in [-0.25, -0.2) is 0 Å². The smallest absolute Gasteiger partial charge is 0.0212 e. The van der Waals surface area contributed by atoms with E-state index in [1.165, 1.54) is 25.9 Å². The largest absolute Gasteiger partial charge is 0.308 e. The molecule has 0 aromatic heterocycles. The Morgan fingerprint density at radius 2 is 1.80 bits per heavy atom. The summed E-state index contributed by atoms with van der Waals surface area (Å²) in [7, 11) is 2.21. The summed E-state index contributed by atoms with van der Waals surface area (Å²) in [4.78, 5) is 2.41. The summed E-state index contributed by atoms with van der Waals surface area (Å²) >= 11 is 0. The van der Waals surface area contributed by atoms with Crippen LogP contribution >= 0.6 is 0 Å². The van der Waals surface area contributed by atoms with Crippen LogP contribution in [0.1, 0.15) is 47.5 Å². The van der Waals surface area contributed by atoms with Crippen molar-refractivity contribution >= 4 is 0 Å². The van der Waals surface area contributed by atoms with Crippen LogP contribution < -0.4 is 5.32 Å². The van der Waals surface area contributed by atoms with E-state index in [9.17, 15) is 0 Å². The van der Waals surface area contributed by atoms with Gasteiger partial charge in [0.15, 0.2) is 0 Å². The molecular formula is C13H28N2. The topological polar surface area (TPSA) is 15.3 Å². The molecule has 0 aliphatic carbocycles. The van der Waals surface area contributed by atoms with Crippen LogP contribution in [-0.4, -0.2) is 36.6 Å². The van der Waals surface area contributed by atoms with E-state index in [1.807, 2.05) is 0 Å². The van der Waals surface area contributed by atoms with Crippen molar-refractivity contribution in [3.8, 4) is 0 Å². The van der Waals surface area contributed by atoms with Gasteiger partial charge in [0, 0.05) is 18.1 Å². The summed E-state index contributed by atoms with van der Waals surface area (Å²) in [5, 5.41) is 3.80. The zero-order valence-corrected chi connectivity index (χ0v) is 11.4. The Morgan fingerprint density at radius 3 is 2.20 bits per heavy atom. The molecule has 0 amide bonds. The molecule has 1 atom stereocenters. The second-order valence-electron chi connectivity index (χ2n) is 7.01. The van der Waals surface area contributed by atoms with Gasteiger partial charge in [-0.2, -0.15) is 0 Å². The molecule has 1 aliphatic heterocycles. The lowest BCUT2D eigenvalue weighted by Crippen LogP contribution is -2.48. The molecule has 1 N–H and O–H groups in total. The summed E-state index contributed by atoms with van der Waals surface area (Å²) in [5.74, 6) is 0. The highest BCUT2D eigenvalue weighted by molar-refractivity contribution is 4.89. The average Bonchev–Trinajstić information content (AvgIpc) is 2.27. The van der Waals surface area contributed by atoms with Gasteiger partial charge in [0.2, 0.25) is 0 Å². The summed E-state index contributed by atoms with van der Waals surface area (Å²) in [6.45, 7) is 14.1. The average molecular weight is 212 g/mol. The van der Waals surface area contributed by atoms with Crippen molar-refractivity contribution < 1.29 is 0 Å².